The van der Waals surface area contributed by atoms with Crippen LogP contribution >= 0.6 is 15.9 Å². The highest BCUT2D eigenvalue weighted by atomic mass is 79.9. The van der Waals surface area contributed by atoms with Gasteiger partial charge in [-0.2, -0.15) is 4.98 Å². The van der Waals surface area contributed by atoms with Gasteiger partial charge in [-0.05, 0) is 30.3 Å². The van der Waals surface area contributed by atoms with E-state index in [-0.39, 0.29) is 5.82 Å². The summed E-state index contributed by atoms with van der Waals surface area (Å²) in [5.41, 5.74) is 1.69. The molecule has 7 heteroatoms. The van der Waals surface area contributed by atoms with Gasteiger partial charge in [0, 0.05) is 23.8 Å². The fourth-order valence-electron chi connectivity index (χ4n) is 2.00. The maximum atomic E-state index is 14.0. The van der Waals surface area contributed by atoms with Crippen LogP contribution in [-0.2, 0) is 0 Å². The maximum absolute atomic E-state index is 14.0. The molecule has 0 spiro atoms. The average Bonchev–Trinajstić information content (AvgIpc) is 2.58. The summed E-state index contributed by atoms with van der Waals surface area (Å²) >= 11 is 3.24. The Balaban J connectivity index is 1.99. The van der Waals surface area contributed by atoms with Gasteiger partial charge in [-0.3, -0.25) is 4.98 Å². The molecule has 5 nitrogen and oxygen atoms in total. The molecule has 0 amide bonds. The molecule has 116 valence electrons. The first kappa shape index (κ1) is 15.4. The summed E-state index contributed by atoms with van der Waals surface area (Å²) in [7, 11) is 1.72. The minimum atomic E-state index is -0.372. The number of hydrogen-bond donors (Lipinski definition) is 2. The zero-order chi connectivity index (χ0) is 16.2. The maximum Gasteiger partial charge on any atom is 0.225 e. The molecular weight excluding hydrogens is 361 g/mol. The Hall–Kier alpha value is -2.54. The van der Waals surface area contributed by atoms with Crippen molar-refractivity contribution in [3.63, 3.8) is 0 Å². The molecule has 1 aromatic carbocycles. The molecule has 0 unspecified atom stereocenters. The molecule has 3 rings (SSSR count). The zero-order valence-electron chi connectivity index (χ0n) is 12.2. The van der Waals surface area contributed by atoms with Crippen molar-refractivity contribution < 1.29 is 4.39 Å². The Morgan fingerprint density at radius 3 is 2.61 bits per heavy atom. The van der Waals surface area contributed by atoms with Gasteiger partial charge >= 0.3 is 0 Å². The second-order valence-corrected chi connectivity index (χ2v) is 5.59. The molecule has 0 radical (unpaired) electrons. The monoisotopic (exact) mass is 373 g/mol. The van der Waals surface area contributed by atoms with Crippen LogP contribution in [0.5, 0.6) is 0 Å². The van der Waals surface area contributed by atoms with Crippen LogP contribution in [0.1, 0.15) is 0 Å². The van der Waals surface area contributed by atoms with Gasteiger partial charge in [-0.15, -0.1) is 0 Å². The molecule has 2 aromatic heterocycles. The summed E-state index contributed by atoms with van der Waals surface area (Å²) in [4.78, 5) is 12.9. The Morgan fingerprint density at radius 1 is 1.04 bits per heavy atom. The number of benzene rings is 1. The highest BCUT2D eigenvalue weighted by molar-refractivity contribution is 9.10. The first-order valence-electron chi connectivity index (χ1n) is 6.86. The lowest BCUT2D eigenvalue weighted by atomic mass is 10.2. The lowest BCUT2D eigenvalue weighted by Gasteiger charge is -2.10. The largest absolute Gasteiger partial charge is 0.357 e. The quantitative estimate of drug-likeness (QED) is 0.716. The number of pyridine rings is 1. The predicted molar refractivity (Wildman–Crippen MR) is 92.2 cm³/mol. The van der Waals surface area contributed by atoms with Gasteiger partial charge < -0.3 is 10.6 Å². The highest BCUT2D eigenvalue weighted by Crippen LogP contribution is 2.25. The molecule has 0 saturated carbocycles. The van der Waals surface area contributed by atoms with Crippen molar-refractivity contribution in [1.82, 2.24) is 15.0 Å². The van der Waals surface area contributed by atoms with E-state index in [9.17, 15) is 4.39 Å². The summed E-state index contributed by atoms with van der Waals surface area (Å²) in [5, 5.41) is 5.87. The van der Waals surface area contributed by atoms with Crippen LogP contribution in [0.4, 0.5) is 21.8 Å². The number of nitrogens with one attached hydrogen (secondary N) is 2. The SMILES string of the molecule is CNc1nc(Nc2ccc(Br)cc2F)cc(-c2ccccn2)n1. The Kier molecular flexibility index (Phi) is 4.47. The van der Waals surface area contributed by atoms with Crippen LogP contribution in [0.2, 0.25) is 0 Å². The van der Waals surface area contributed by atoms with E-state index >= 15 is 0 Å². The van der Waals surface area contributed by atoms with Crippen molar-refractivity contribution in [2.45, 2.75) is 0 Å². The second kappa shape index (κ2) is 6.70. The third-order valence-corrected chi connectivity index (χ3v) is 3.56. The van der Waals surface area contributed by atoms with Crippen molar-refractivity contribution in [3.05, 3.63) is 59.0 Å². The van der Waals surface area contributed by atoms with E-state index in [0.717, 1.165) is 0 Å². The van der Waals surface area contributed by atoms with Crippen LogP contribution in [0.15, 0.2) is 53.1 Å². The normalized spacial score (nSPS) is 10.4. The lowest BCUT2D eigenvalue weighted by Crippen LogP contribution is -2.03. The third-order valence-electron chi connectivity index (χ3n) is 3.07. The van der Waals surface area contributed by atoms with Crippen molar-refractivity contribution in [1.29, 1.82) is 0 Å². The van der Waals surface area contributed by atoms with Gasteiger partial charge in [0.2, 0.25) is 5.95 Å². The van der Waals surface area contributed by atoms with Gasteiger partial charge in [-0.1, -0.05) is 22.0 Å². The molecule has 0 bridgehead atoms. The molecule has 3 aromatic rings. The Bertz CT molecular complexity index is 826. The van der Waals surface area contributed by atoms with Crippen LogP contribution in [-0.4, -0.2) is 22.0 Å². The van der Waals surface area contributed by atoms with Crippen LogP contribution < -0.4 is 10.6 Å². The highest BCUT2D eigenvalue weighted by Gasteiger charge is 2.09. The summed E-state index contributed by atoms with van der Waals surface area (Å²) in [6.45, 7) is 0. The molecule has 0 aliphatic heterocycles. The van der Waals surface area contributed by atoms with Gasteiger partial charge in [-0.25, -0.2) is 9.37 Å². The Labute approximate surface area is 141 Å². The van der Waals surface area contributed by atoms with E-state index in [1.807, 2.05) is 18.2 Å². The summed E-state index contributed by atoms with van der Waals surface area (Å²) in [6.07, 6.45) is 1.69. The number of aromatic nitrogens is 3. The van der Waals surface area contributed by atoms with Gasteiger partial charge in [0.1, 0.15) is 11.6 Å². The molecule has 0 aliphatic rings. The number of hydrogen-bond acceptors (Lipinski definition) is 5. The molecule has 2 N–H and O–H groups in total. The van der Waals surface area contributed by atoms with Crippen LogP contribution in [0.3, 0.4) is 0 Å². The number of halogens is 2. The number of rotatable bonds is 4. The summed E-state index contributed by atoms with van der Waals surface area (Å²) in [5.74, 6) is 0.530. The molecule has 23 heavy (non-hydrogen) atoms. The van der Waals surface area contributed by atoms with E-state index in [2.05, 4.69) is 41.5 Å². The standard InChI is InChI=1S/C16H13BrFN5/c1-19-16-22-14(13-4-2-3-7-20-13)9-15(23-16)21-12-6-5-10(17)8-11(12)18/h2-9H,1H3,(H2,19,21,22,23). The van der Waals surface area contributed by atoms with Gasteiger partial charge in [0.05, 0.1) is 17.1 Å². The zero-order valence-corrected chi connectivity index (χ0v) is 13.8. The molecular formula is C16H13BrFN5. The first-order valence-corrected chi connectivity index (χ1v) is 7.65. The minimum absolute atomic E-state index is 0.334. The molecule has 2 heterocycles. The first-order chi connectivity index (χ1) is 11.2. The second-order valence-electron chi connectivity index (χ2n) is 4.68. The summed E-state index contributed by atoms with van der Waals surface area (Å²) in [6, 6.07) is 12.1. The van der Waals surface area contributed by atoms with Crippen LogP contribution in [0, 0.1) is 5.82 Å². The van der Waals surface area contributed by atoms with E-state index in [0.29, 0.717) is 33.3 Å². The lowest BCUT2D eigenvalue weighted by molar-refractivity contribution is 0.631. The topological polar surface area (TPSA) is 62.7 Å². The molecule has 0 aliphatic carbocycles. The molecule has 0 fully saturated rings. The van der Waals surface area contributed by atoms with Crippen molar-refractivity contribution in [2.75, 3.05) is 17.7 Å². The molecule has 0 saturated heterocycles. The Morgan fingerprint density at radius 2 is 1.91 bits per heavy atom. The smallest absolute Gasteiger partial charge is 0.225 e. The average molecular weight is 374 g/mol. The number of nitrogens with zero attached hydrogens (tertiary/aromatic N) is 3. The van der Waals surface area contributed by atoms with Crippen LogP contribution in [0.25, 0.3) is 11.4 Å². The fraction of sp³-hybridized carbons (Fsp3) is 0.0625. The van der Waals surface area contributed by atoms with Crippen molar-refractivity contribution >= 4 is 33.4 Å². The van der Waals surface area contributed by atoms with E-state index in [4.69, 9.17) is 0 Å². The van der Waals surface area contributed by atoms with Gasteiger partial charge in [0.15, 0.2) is 0 Å². The third kappa shape index (κ3) is 3.62. The predicted octanol–water partition coefficient (Wildman–Crippen LogP) is 4.23. The van der Waals surface area contributed by atoms with E-state index in [1.165, 1.54) is 6.07 Å². The number of anilines is 3. The van der Waals surface area contributed by atoms with Gasteiger partial charge in [0.25, 0.3) is 0 Å². The van der Waals surface area contributed by atoms with Crippen molar-refractivity contribution in [3.8, 4) is 11.4 Å². The van der Waals surface area contributed by atoms with E-state index in [1.54, 1.807) is 31.4 Å². The van der Waals surface area contributed by atoms with Crippen molar-refractivity contribution in [2.24, 2.45) is 0 Å². The fourth-order valence-corrected chi connectivity index (χ4v) is 2.33. The molecule has 0 atom stereocenters. The summed E-state index contributed by atoms with van der Waals surface area (Å²) < 4.78 is 14.7. The van der Waals surface area contributed by atoms with E-state index < -0.39 is 0 Å². The minimum Gasteiger partial charge on any atom is -0.357 e.